The van der Waals surface area contributed by atoms with Crippen molar-refractivity contribution in [2.24, 2.45) is 0 Å². The van der Waals surface area contributed by atoms with Gasteiger partial charge < -0.3 is 23.8 Å². The van der Waals surface area contributed by atoms with Gasteiger partial charge in [0.25, 0.3) is 5.91 Å². The van der Waals surface area contributed by atoms with Crippen molar-refractivity contribution in [2.75, 3.05) is 34.5 Å². The van der Waals surface area contributed by atoms with E-state index in [1.807, 2.05) is 0 Å². The van der Waals surface area contributed by atoms with E-state index in [1.54, 1.807) is 26.0 Å². The minimum Gasteiger partial charge on any atom is -0.493 e. The highest BCUT2D eigenvalue weighted by molar-refractivity contribution is 6.00. The molecule has 2 rings (SSSR count). The summed E-state index contributed by atoms with van der Waals surface area (Å²) in [7, 11) is 4.46. The number of methoxy groups -OCH3 is 3. The molecule has 1 saturated heterocycles. The monoisotopic (exact) mass is 337 g/mol. The van der Waals surface area contributed by atoms with E-state index < -0.39 is 11.5 Å². The highest BCUT2D eigenvalue weighted by Gasteiger charge is 2.51. The van der Waals surface area contributed by atoms with Crippen LogP contribution in [0.2, 0.25) is 0 Å². The van der Waals surface area contributed by atoms with Gasteiger partial charge in [-0.05, 0) is 32.4 Å². The molecule has 1 aliphatic rings. The third kappa shape index (κ3) is 2.86. The van der Waals surface area contributed by atoms with Gasteiger partial charge in [-0.15, -0.1) is 0 Å². The molecule has 0 aromatic heterocycles. The Kier molecular flexibility index (Phi) is 5.21. The molecular formula is C17H23NO6. The number of nitrogens with zero attached hydrogens (tertiary/aromatic N) is 1. The van der Waals surface area contributed by atoms with Crippen molar-refractivity contribution in [3.8, 4) is 17.2 Å². The van der Waals surface area contributed by atoms with Crippen LogP contribution in [0.3, 0.4) is 0 Å². The van der Waals surface area contributed by atoms with Crippen molar-refractivity contribution in [3.63, 3.8) is 0 Å². The van der Waals surface area contributed by atoms with Crippen LogP contribution >= 0.6 is 0 Å². The molecule has 7 nitrogen and oxygen atoms in total. The Labute approximate surface area is 141 Å². The topological polar surface area (TPSA) is 74.3 Å². The number of carbonyl (C=O) groups is 2. The molecule has 1 aliphatic heterocycles. The molecule has 1 heterocycles. The largest absolute Gasteiger partial charge is 0.493 e. The Morgan fingerprint density at radius 2 is 1.71 bits per heavy atom. The molecule has 1 atom stereocenters. The molecule has 1 fully saturated rings. The molecule has 1 aromatic rings. The summed E-state index contributed by atoms with van der Waals surface area (Å²) in [5.41, 5.74) is -0.576. The van der Waals surface area contributed by atoms with Crippen molar-refractivity contribution in [1.82, 2.24) is 4.90 Å². The minimum atomic E-state index is -0.937. The van der Waals surface area contributed by atoms with Crippen molar-refractivity contribution < 1.29 is 28.5 Å². The first-order chi connectivity index (χ1) is 11.4. The summed E-state index contributed by atoms with van der Waals surface area (Å²) in [6.07, 6.45) is 0.571. The van der Waals surface area contributed by atoms with E-state index in [2.05, 4.69) is 0 Å². The Morgan fingerprint density at radius 3 is 2.08 bits per heavy atom. The average molecular weight is 337 g/mol. The lowest BCUT2D eigenvalue weighted by molar-refractivity contribution is -0.162. The first-order valence-electron chi connectivity index (χ1n) is 7.72. The standard InChI is InChI=1S/C17H23NO6/c1-6-24-16(20)17(2)7-8-18(17)15(19)11-9-12(21-3)14(23-5)13(10-11)22-4/h9-10H,6-8H2,1-5H3. The quantitative estimate of drug-likeness (QED) is 0.738. The summed E-state index contributed by atoms with van der Waals surface area (Å²) in [6.45, 7) is 4.22. The summed E-state index contributed by atoms with van der Waals surface area (Å²) in [4.78, 5) is 26.5. The summed E-state index contributed by atoms with van der Waals surface area (Å²) in [6, 6.07) is 3.15. The van der Waals surface area contributed by atoms with Gasteiger partial charge in [0.1, 0.15) is 5.54 Å². The van der Waals surface area contributed by atoms with Gasteiger partial charge in [-0.25, -0.2) is 4.79 Å². The number of rotatable bonds is 6. The van der Waals surface area contributed by atoms with Crippen LogP contribution in [0.1, 0.15) is 30.6 Å². The first kappa shape index (κ1) is 17.9. The summed E-state index contributed by atoms with van der Waals surface area (Å²) < 4.78 is 20.9. The lowest BCUT2D eigenvalue weighted by Crippen LogP contribution is -2.65. The Balaban J connectivity index is 2.35. The second-order valence-electron chi connectivity index (χ2n) is 5.62. The lowest BCUT2D eigenvalue weighted by Gasteiger charge is -2.48. The van der Waals surface area contributed by atoms with E-state index in [0.29, 0.717) is 35.8 Å². The molecule has 132 valence electrons. The molecule has 0 aliphatic carbocycles. The number of hydrogen-bond acceptors (Lipinski definition) is 6. The molecule has 0 spiro atoms. The zero-order chi connectivity index (χ0) is 17.9. The van der Waals surface area contributed by atoms with E-state index in [0.717, 1.165) is 0 Å². The second kappa shape index (κ2) is 6.98. The zero-order valence-electron chi connectivity index (χ0n) is 14.7. The van der Waals surface area contributed by atoms with Crippen molar-refractivity contribution in [3.05, 3.63) is 17.7 Å². The van der Waals surface area contributed by atoms with Gasteiger partial charge in [-0.2, -0.15) is 0 Å². The molecule has 7 heteroatoms. The highest BCUT2D eigenvalue weighted by atomic mass is 16.5. The molecule has 0 N–H and O–H groups in total. The van der Waals surface area contributed by atoms with Gasteiger partial charge in [0.05, 0.1) is 27.9 Å². The van der Waals surface area contributed by atoms with Crippen molar-refractivity contribution in [1.29, 1.82) is 0 Å². The second-order valence-corrected chi connectivity index (χ2v) is 5.62. The Bertz CT molecular complexity index is 619. The number of benzene rings is 1. The number of esters is 1. The smallest absolute Gasteiger partial charge is 0.331 e. The summed E-state index contributed by atoms with van der Waals surface area (Å²) in [5, 5.41) is 0. The molecule has 1 aromatic carbocycles. The predicted octanol–water partition coefficient (Wildman–Crippen LogP) is 1.88. The number of ether oxygens (including phenoxy) is 4. The fourth-order valence-corrected chi connectivity index (χ4v) is 2.74. The predicted molar refractivity (Wildman–Crippen MR) is 86.8 cm³/mol. The SMILES string of the molecule is CCOC(=O)C1(C)CCN1C(=O)c1cc(OC)c(OC)c(OC)c1. The molecule has 0 bridgehead atoms. The van der Waals surface area contributed by atoms with Gasteiger partial charge in [-0.3, -0.25) is 4.79 Å². The van der Waals surface area contributed by atoms with Crippen molar-refractivity contribution in [2.45, 2.75) is 25.8 Å². The molecule has 0 saturated carbocycles. The average Bonchev–Trinajstić information content (AvgIpc) is 2.58. The number of carbonyl (C=O) groups excluding carboxylic acids is 2. The number of likely N-dealkylation sites (tertiary alicyclic amines) is 1. The van der Waals surface area contributed by atoms with Gasteiger partial charge in [0.15, 0.2) is 11.5 Å². The highest BCUT2D eigenvalue weighted by Crippen LogP contribution is 2.40. The Morgan fingerprint density at radius 1 is 1.12 bits per heavy atom. The number of amides is 1. The van der Waals surface area contributed by atoms with Crippen LogP contribution in [0.5, 0.6) is 17.2 Å². The van der Waals surface area contributed by atoms with Gasteiger partial charge >= 0.3 is 5.97 Å². The molecule has 1 amide bonds. The fourth-order valence-electron chi connectivity index (χ4n) is 2.74. The van der Waals surface area contributed by atoms with Crippen LogP contribution in [0.4, 0.5) is 0 Å². The van der Waals surface area contributed by atoms with Crippen molar-refractivity contribution >= 4 is 11.9 Å². The normalized spacial score (nSPS) is 19.3. The molecule has 0 radical (unpaired) electrons. The van der Waals surface area contributed by atoms with Crippen LogP contribution < -0.4 is 14.2 Å². The molecule has 24 heavy (non-hydrogen) atoms. The van der Waals surface area contributed by atoms with Crippen LogP contribution in [-0.4, -0.2) is 56.8 Å². The van der Waals surface area contributed by atoms with Crippen LogP contribution in [0.15, 0.2) is 12.1 Å². The van der Waals surface area contributed by atoms with Crippen LogP contribution in [-0.2, 0) is 9.53 Å². The van der Waals surface area contributed by atoms with Gasteiger partial charge in [0.2, 0.25) is 5.75 Å². The Hall–Kier alpha value is -2.44. The maximum absolute atomic E-state index is 12.9. The molecule has 1 unspecified atom stereocenters. The van der Waals surface area contributed by atoms with E-state index in [9.17, 15) is 9.59 Å². The van der Waals surface area contributed by atoms with E-state index in [-0.39, 0.29) is 12.5 Å². The fraction of sp³-hybridized carbons (Fsp3) is 0.529. The van der Waals surface area contributed by atoms with E-state index in [1.165, 1.54) is 26.2 Å². The number of hydrogen-bond donors (Lipinski definition) is 0. The maximum Gasteiger partial charge on any atom is 0.331 e. The van der Waals surface area contributed by atoms with Crippen LogP contribution in [0.25, 0.3) is 0 Å². The maximum atomic E-state index is 12.9. The third-order valence-corrected chi connectivity index (χ3v) is 4.29. The van der Waals surface area contributed by atoms with Gasteiger partial charge in [0, 0.05) is 12.1 Å². The zero-order valence-corrected chi connectivity index (χ0v) is 14.7. The van der Waals surface area contributed by atoms with E-state index in [4.69, 9.17) is 18.9 Å². The lowest BCUT2D eigenvalue weighted by atomic mass is 9.85. The first-order valence-corrected chi connectivity index (χ1v) is 7.72. The van der Waals surface area contributed by atoms with Crippen LogP contribution in [0, 0.1) is 0 Å². The molecular weight excluding hydrogens is 314 g/mol. The third-order valence-electron chi connectivity index (χ3n) is 4.29. The summed E-state index contributed by atoms with van der Waals surface area (Å²) >= 11 is 0. The summed E-state index contributed by atoms with van der Waals surface area (Å²) in [5.74, 6) is 0.513. The minimum absolute atomic E-state index is 0.278. The van der Waals surface area contributed by atoms with E-state index >= 15 is 0 Å². The van der Waals surface area contributed by atoms with Gasteiger partial charge in [-0.1, -0.05) is 0 Å².